The SMILES string of the molecule is CCOC(C)OC(CC)(C(F)(F)F)C(F)(F)F. The second kappa shape index (κ2) is 5.43. The Labute approximate surface area is 94.9 Å². The van der Waals surface area contributed by atoms with Crippen LogP contribution in [0.2, 0.25) is 0 Å². The van der Waals surface area contributed by atoms with Gasteiger partial charge in [0.05, 0.1) is 0 Å². The van der Waals surface area contributed by atoms with Gasteiger partial charge >= 0.3 is 12.4 Å². The predicted octanol–water partition coefficient (Wildman–Crippen LogP) is 3.66. The number of halogens is 6. The molecule has 0 aromatic carbocycles. The van der Waals surface area contributed by atoms with Gasteiger partial charge in [0.1, 0.15) is 0 Å². The van der Waals surface area contributed by atoms with E-state index in [-0.39, 0.29) is 6.61 Å². The normalized spacial score (nSPS) is 16.1. The molecule has 0 bridgehead atoms. The van der Waals surface area contributed by atoms with E-state index in [0.29, 0.717) is 0 Å². The molecular formula is C9H14F6O2. The third-order valence-corrected chi connectivity index (χ3v) is 2.18. The van der Waals surface area contributed by atoms with Gasteiger partial charge < -0.3 is 9.47 Å². The van der Waals surface area contributed by atoms with Crippen LogP contribution in [0.4, 0.5) is 26.3 Å². The van der Waals surface area contributed by atoms with E-state index in [1.54, 1.807) is 0 Å². The molecule has 17 heavy (non-hydrogen) atoms. The van der Waals surface area contributed by atoms with Crippen LogP contribution in [0.3, 0.4) is 0 Å². The summed E-state index contributed by atoms with van der Waals surface area (Å²) in [6.07, 6.45) is -14.0. The molecule has 1 atom stereocenters. The molecule has 0 aromatic heterocycles. The van der Waals surface area contributed by atoms with Gasteiger partial charge in [0.15, 0.2) is 6.29 Å². The van der Waals surface area contributed by atoms with E-state index in [4.69, 9.17) is 0 Å². The van der Waals surface area contributed by atoms with Gasteiger partial charge in [0, 0.05) is 6.61 Å². The molecule has 0 fully saturated rings. The quantitative estimate of drug-likeness (QED) is 0.559. The van der Waals surface area contributed by atoms with Gasteiger partial charge in [-0.25, -0.2) is 0 Å². The van der Waals surface area contributed by atoms with Crippen LogP contribution in [0.15, 0.2) is 0 Å². The average Bonchev–Trinajstić information content (AvgIpc) is 2.10. The van der Waals surface area contributed by atoms with Gasteiger partial charge in [-0.1, -0.05) is 6.92 Å². The predicted molar refractivity (Wildman–Crippen MR) is 47.3 cm³/mol. The maximum Gasteiger partial charge on any atom is 0.426 e. The Morgan fingerprint density at radius 1 is 0.941 bits per heavy atom. The molecule has 2 nitrogen and oxygen atoms in total. The lowest BCUT2D eigenvalue weighted by atomic mass is 9.99. The molecule has 0 spiro atoms. The molecule has 0 aliphatic heterocycles. The van der Waals surface area contributed by atoms with Crippen LogP contribution in [-0.4, -0.2) is 30.9 Å². The summed E-state index contributed by atoms with van der Waals surface area (Å²) in [7, 11) is 0. The van der Waals surface area contributed by atoms with Gasteiger partial charge in [-0.2, -0.15) is 26.3 Å². The van der Waals surface area contributed by atoms with E-state index in [1.807, 2.05) is 0 Å². The molecule has 0 aliphatic rings. The minimum absolute atomic E-state index is 0.0450. The van der Waals surface area contributed by atoms with Crippen LogP contribution in [-0.2, 0) is 9.47 Å². The van der Waals surface area contributed by atoms with Crippen LogP contribution in [0, 0.1) is 0 Å². The summed E-state index contributed by atoms with van der Waals surface area (Å²) in [6.45, 7) is 3.15. The number of hydrogen-bond acceptors (Lipinski definition) is 2. The van der Waals surface area contributed by atoms with Gasteiger partial charge in [-0.05, 0) is 20.3 Å². The van der Waals surface area contributed by atoms with Crippen LogP contribution in [0.1, 0.15) is 27.2 Å². The van der Waals surface area contributed by atoms with E-state index >= 15 is 0 Å². The average molecular weight is 268 g/mol. The first-order valence-corrected chi connectivity index (χ1v) is 4.94. The topological polar surface area (TPSA) is 18.5 Å². The smallest absolute Gasteiger partial charge is 0.353 e. The molecule has 0 heterocycles. The Morgan fingerprint density at radius 2 is 1.35 bits per heavy atom. The fourth-order valence-corrected chi connectivity index (χ4v) is 1.33. The lowest BCUT2D eigenvalue weighted by molar-refractivity contribution is -0.407. The minimum atomic E-state index is -5.55. The zero-order valence-electron chi connectivity index (χ0n) is 9.58. The molecular weight excluding hydrogens is 254 g/mol. The highest BCUT2D eigenvalue weighted by atomic mass is 19.4. The summed E-state index contributed by atoms with van der Waals surface area (Å²) in [5.41, 5.74) is -4.19. The second-order valence-electron chi connectivity index (χ2n) is 3.32. The van der Waals surface area contributed by atoms with E-state index < -0.39 is 30.7 Å². The van der Waals surface area contributed by atoms with Gasteiger partial charge in [-0.3, -0.25) is 0 Å². The number of rotatable bonds is 5. The molecule has 0 aromatic rings. The summed E-state index contributed by atoms with van der Waals surface area (Å²) in [4.78, 5) is 0. The summed E-state index contributed by atoms with van der Waals surface area (Å²) in [5.74, 6) is 0. The monoisotopic (exact) mass is 268 g/mol. The van der Waals surface area contributed by atoms with E-state index in [0.717, 1.165) is 13.8 Å². The van der Waals surface area contributed by atoms with Crippen LogP contribution in [0.25, 0.3) is 0 Å². The van der Waals surface area contributed by atoms with Gasteiger partial charge in [0.25, 0.3) is 5.60 Å². The number of ether oxygens (including phenoxy) is 2. The molecule has 1 unspecified atom stereocenters. The van der Waals surface area contributed by atoms with Gasteiger partial charge in [0.2, 0.25) is 0 Å². The Bertz CT molecular complexity index is 221. The molecule has 0 rings (SSSR count). The van der Waals surface area contributed by atoms with Crippen molar-refractivity contribution in [3.63, 3.8) is 0 Å². The van der Waals surface area contributed by atoms with Crippen molar-refractivity contribution in [1.82, 2.24) is 0 Å². The lowest BCUT2D eigenvalue weighted by Crippen LogP contribution is -2.59. The minimum Gasteiger partial charge on any atom is -0.353 e. The third kappa shape index (κ3) is 3.48. The van der Waals surface area contributed by atoms with E-state index in [9.17, 15) is 26.3 Å². The summed E-state index contributed by atoms with van der Waals surface area (Å²) in [6, 6.07) is 0. The van der Waals surface area contributed by atoms with Crippen molar-refractivity contribution in [2.75, 3.05) is 6.61 Å². The maximum atomic E-state index is 12.6. The molecule has 0 amide bonds. The van der Waals surface area contributed by atoms with Crippen molar-refractivity contribution in [2.24, 2.45) is 0 Å². The standard InChI is InChI=1S/C9H14F6O2/c1-4-7(8(10,11)12,9(13,14)15)17-6(3)16-5-2/h6H,4-5H2,1-3H3. The molecule has 0 N–H and O–H groups in total. The first-order chi connectivity index (χ1) is 7.52. The molecule has 0 aliphatic carbocycles. The Hall–Kier alpha value is -0.500. The summed E-state index contributed by atoms with van der Waals surface area (Å²) in [5, 5.41) is 0. The Morgan fingerprint density at radius 3 is 1.59 bits per heavy atom. The highest BCUT2D eigenvalue weighted by molar-refractivity contribution is 4.95. The number of alkyl halides is 6. The number of hydrogen-bond donors (Lipinski definition) is 0. The van der Waals surface area contributed by atoms with E-state index in [2.05, 4.69) is 9.47 Å². The first-order valence-electron chi connectivity index (χ1n) is 4.94. The zero-order chi connectivity index (χ0) is 13.9. The van der Waals surface area contributed by atoms with Crippen molar-refractivity contribution in [3.05, 3.63) is 0 Å². The molecule has 0 saturated carbocycles. The molecule has 104 valence electrons. The van der Waals surface area contributed by atoms with Crippen molar-refractivity contribution >= 4 is 0 Å². The fourth-order valence-electron chi connectivity index (χ4n) is 1.33. The fraction of sp³-hybridized carbons (Fsp3) is 1.00. The molecule has 0 saturated heterocycles. The Balaban J connectivity index is 5.23. The Kier molecular flexibility index (Phi) is 5.27. The van der Waals surface area contributed by atoms with Crippen LogP contribution < -0.4 is 0 Å². The molecule has 0 radical (unpaired) electrons. The van der Waals surface area contributed by atoms with Crippen molar-refractivity contribution in [3.8, 4) is 0 Å². The summed E-state index contributed by atoms with van der Waals surface area (Å²) >= 11 is 0. The van der Waals surface area contributed by atoms with Crippen molar-refractivity contribution < 1.29 is 35.8 Å². The highest BCUT2D eigenvalue weighted by Gasteiger charge is 2.71. The van der Waals surface area contributed by atoms with Gasteiger partial charge in [-0.15, -0.1) is 0 Å². The second-order valence-corrected chi connectivity index (χ2v) is 3.32. The van der Waals surface area contributed by atoms with Crippen molar-refractivity contribution in [1.29, 1.82) is 0 Å². The molecule has 8 heteroatoms. The van der Waals surface area contributed by atoms with E-state index in [1.165, 1.54) is 6.92 Å². The van der Waals surface area contributed by atoms with Crippen molar-refractivity contribution in [2.45, 2.75) is 51.4 Å². The largest absolute Gasteiger partial charge is 0.426 e. The van der Waals surface area contributed by atoms with Crippen LogP contribution >= 0.6 is 0 Å². The first kappa shape index (κ1) is 16.5. The lowest BCUT2D eigenvalue weighted by Gasteiger charge is -2.37. The highest BCUT2D eigenvalue weighted by Crippen LogP contribution is 2.48. The summed E-state index contributed by atoms with van der Waals surface area (Å²) < 4.78 is 84.1. The van der Waals surface area contributed by atoms with Crippen LogP contribution in [0.5, 0.6) is 0 Å². The third-order valence-electron chi connectivity index (χ3n) is 2.18. The zero-order valence-corrected chi connectivity index (χ0v) is 9.58. The maximum absolute atomic E-state index is 12.6.